The summed E-state index contributed by atoms with van der Waals surface area (Å²) in [6.07, 6.45) is 2.41. The van der Waals surface area contributed by atoms with Gasteiger partial charge in [-0.05, 0) is 24.6 Å². The highest BCUT2D eigenvalue weighted by Gasteiger charge is 2.10. The number of aromatic nitrogens is 1. The van der Waals surface area contributed by atoms with Crippen molar-refractivity contribution >= 4 is 17.4 Å². The lowest BCUT2D eigenvalue weighted by Gasteiger charge is -2.04. The SMILES string of the molecule is COc1ccc2c(c1)c(OC=O)cn2CCCO. The Kier molecular flexibility index (Phi) is 3.84. The van der Waals surface area contributed by atoms with Crippen LogP contribution >= 0.6 is 0 Å². The Balaban J connectivity index is 2.49. The molecule has 0 aliphatic rings. The highest BCUT2D eigenvalue weighted by molar-refractivity contribution is 5.89. The first kappa shape index (κ1) is 12.4. The van der Waals surface area contributed by atoms with Crippen LogP contribution in [0, 0.1) is 0 Å². The minimum absolute atomic E-state index is 0.125. The summed E-state index contributed by atoms with van der Waals surface area (Å²) in [6.45, 7) is 1.20. The Labute approximate surface area is 105 Å². The van der Waals surface area contributed by atoms with Gasteiger partial charge in [-0.15, -0.1) is 0 Å². The molecule has 18 heavy (non-hydrogen) atoms. The molecule has 1 aromatic carbocycles. The van der Waals surface area contributed by atoms with Gasteiger partial charge in [-0.25, -0.2) is 0 Å². The van der Waals surface area contributed by atoms with Crippen molar-refractivity contribution in [2.24, 2.45) is 0 Å². The van der Waals surface area contributed by atoms with Crippen molar-refractivity contribution in [3.8, 4) is 11.5 Å². The molecule has 0 aliphatic carbocycles. The second kappa shape index (κ2) is 5.55. The van der Waals surface area contributed by atoms with E-state index < -0.39 is 0 Å². The predicted octanol–water partition coefficient (Wildman–Crippen LogP) is 1.57. The van der Waals surface area contributed by atoms with E-state index in [0.717, 1.165) is 10.9 Å². The first-order valence-corrected chi connectivity index (χ1v) is 5.68. The second-order valence-corrected chi connectivity index (χ2v) is 3.86. The Bertz CT molecular complexity index is 547. The van der Waals surface area contributed by atoms with Gasteiger partial charge in [0.1, 0.15) is 5.75 Å². The van der Waals surface area contributed by atoms with E-state index in [4.69, 9.17) is 14.6 Å². The smallest absolute Gasteiger partial charge is 0.298 e. The zero-order valence-corrected chi connectivity index (χ0v) is 10.1. The van der Waals surface area contributed by atoms with Crippen LogP contribution in [-0.2, 0) is 11.3 Å². The fourth-order valence-electron chi connectivity index (χ4n) is 1.94. The van der Waals surface area contributed by atoms with E-state index in [0.29, 0.717) is 30.9 Å². The summed E-state index contributed by atoms with van der Waals surface area (Å²) in [5.41, 5.74) is 0.945. The van der Waals surface area contributed by atoms with Crippen LogP contribution in [0.5, 0.6) is 11.5 Å². The first-order chi connectivity index (χ1) is 8.80. The number of hydrogen-bond donors (Lipinski definition) is 1. The van der Waals surface area contributed by atoms with Crippen LogP contribution < -0.4 is 9.47 Å². The average Bonchev–Trinajstić information content (AvgIpc) is 2.74. The summed E-state index contributed by atoms with van der Waals surface area (Å²) in [5.74, 6) is 1.20. The van der Waals surface area contributed by atoms with Crippen molar-refractivity contribution in [2.75, 3.05) is 13.7 Å². The van der Waals surface area contributed by atoms with Crippen LogP contribution in [0.15, 0.2) is 24.4 Å². The molecule has 1 heterocycles. The number of carbonyl (C=O) groups excluding carboxylic acids is 1. The molecule has 0 atom stereocenters. The molecule has 0 amide bonds. The first-order valence-electron chi connectivity index (χ1n) is 5.68. The van der Waals surface area contributed by atoms with E-state index in [2.05, 4.69) is 0 Å². The fraction of sp³-hybridized carbons (Fsp3) is 0.308. The number of aryl methyl sites for hydroxylation is 1. The van der Waals surface area contributed by atoms with E-state index >= 15 is 0 Å². The van der Waals surface area contributed by atoms with Crippen molar-refractivity contribution in [2.45, 2.75) is 13.0 Å². The number of hydrogen-bond acceptors (Lipinski definition) is 4. The molecule has 2 rings (SSSR count). The van der Waals surface area contributed by atoms with E-state index in [-0.39, 0.29) is 6.61 Å². The third-order valence-electron chi connectivity index (χ3n) is 2.78. The van der Waals surface area contributed by atoms with Crippen LogP contribution in [0.3, 0.4) is 0 Å². The van der Waals surface area contributed by atoms with Gasteiger partial charge in [0.2, 0.25) is 0 Å². The molecule has 0 spiro atoms. The van der Waals surface area contributed by atoms with Crippen molar-refractivity contribution in [3.05, 3.63) is 24.4 Å². The molecule has 0 aliphatic heterocycles. The molecule has 1 N–H and O–H groups in total. The number of aliphatic hydroxyl groups is 1. The largest absolute Gasteiger partial charge is 0.497 e. The highest BCUT2D eigenvalue weighted by atomic mass is 16.5. The van der Waals surface area contributed by atoms with Crippen LogP contribution in [-0.4, -0.2) is 29.9 Å². The third-order valence-corrected chi connectivity index (χ3v) is 2.78. The Morgan fingerprint density at radius 3 is 2.94 bits per heavy atom. The number of rotatable bonds is 6. The third kappa shape index (κ3) is 2.31. The number of aliphatic hydroxyl groups excluding tert-OH is 1. The molecule has 96 valence electrons. The van der Waals surface area contributed by atoms with Gasteiger partial charge in [-0.1, -0.05) is 0 Å². The molecule has 0 bridgehead atoms. The lowest BCUT2D eigenvalue weighted by Crippen LogP contribution is -1.98. The standard InChI is InChI=1S/C13H15NO4/c1-17-10-3-4-12-11(7-10)13(18-9-16)8-14(12)5-2-6-15/h3-4,7-9,15H,2,5-6H2,1H3. The molecule has 2 aromatic rings. The molecule has 5 heteroatoms. The molecule has 0 fully saturated rings. The number of nitrogens with zero attached hydrogens (tertiary/aromatic N) is 1. The zero-order chi connectivity index (χ0) is 13.0. The molecule has 0 radical (unpaired) electrons. The normalized spacial score (nSPS) is 10.6. The molecule has 0 saturated heterocycles. The number of ether oxygens (including phenoxy) is 2. The van der Waals surface area contributed by atoms with E-state index in [1.807, 2.05) is 22.8 Å². The average molecular weight is 249 g/mol. The molecule has 5 nitrogen and oxygen atoms in total. The maximum absolute atomic E-state index is 10.5. The number of fused-ring (bicyclic) bond motifs is 1. The van der Waals surface area contributed by atoms with Crippen LogP contribution in [0.4, 0.5) is 0 Å². The van der Waals surface area contributed by atoms with E-state index in [9.17, 15) is 4.79 Å². The van der Waals surface area contributed by atoms with Gasteiger partial charge in [-0.3, -0.25) is 4.79 Å². The molecule has 0 saturated carbocycles. The monoisotopic (exact) mass is 249 g/mol. The van der Waals surface area contributed by atoms with Gasteiger partial charge >= 0.3 is 0 Å². The van der Waals surface area contributed by atoms with Crippen molar-refractivity contribution in [3.63, 3.8) is 0 Å². The summed E-state index contributed by atoms with van der Waals surface area (Å²) in [4.78, 5) is 10.5. The lowest BCUT2D eigenvalue weighted by molar-refractivity contribution is -0.120. The Morgan fingerprint density at radius 2 is 2.28 bits per heavy atom. The minimum Gasteiger partial charge on any atom is -0.497 e. The maximum Gasteiger partial charge on any atom is 0.298 e. The van der Waals surface area contributed by atoms with Crippen LogP contribution in [0.1, 0.15) is 6.42 Å². The van der Waals surface area contributed by atoms with Crippen LogP contribution in [0.2, 0.25) is 0 Å². The van der Waals surface area contributed by atoms with Gasteiger partial charge in [0.05, 0.1) is 12.6 Å². The molecule has 1 aromatic heterocycles. The van der Waals surface area contributed by atoms with E-state index in [1.54, 1.807) is 13.3 Å². The summed E-state index contributed by atoms with van der Waals surface area (Å²) >= 11 is 0. The van der Waals surface area contributed by atoms with Crippen LogP contribution in [0.25, 0.3) is 10.9 Å². The zero-order valence-electron chi connectivity index (χ0n) is 10.1. The predicted molar refractivity (Wildman–Crippen MR) is 66.9 cm³/mol. The van der Waals surface area contributed by atoms with Crippen molar-refractivity contribution in [1.29, 1.82) is 0 Å². The van der Waals surface area contributed by atoms with Gasteiger partial charge in [-0.2, -0.15) is 0 Å². The maximum atomic E-state index is 10.5. The topological polar surface area (TPSA) is 60.7 Å². The number of methoxy groups -OCH3 is 1. The van der Waals surface area contributed by atoms with E-state index in [1.165, 1.54) is 0 Å². The fourth-order valence-corrected chi connectivity index (χ4v) is 1.94. The number of benzene rings is 1. The van der Waals surface area contributed by atoms with Crippen molar-refractivity contribution < 1.29 is 19.4 Å². The lowest BCUT2D eigenvalue weighted by atomic mass is 10.2. The summed E-state index contributed by atoms with van der Waals surface area (Å²) < 4.78 is 12.1. The summed E-state index contributed by atoms with van der Waals surface area (Å²) in [6, 6.07) is 5.58. The highest BCUT2D eigenvalue weighted by Crippen LogP contribution is 2.31. The Hall–Kier alpha value is -2.01. The summed E-state index contributed by atoms with van der Waals surface area (Å²) in [5, 5.41) is 9.69. The van der Waals surface area contributed by atoms with Gasteiger partial charge < -0.3 is 19.1 Å². The number of carbonyl (C=O) groups is 1. The summed E-state index contributed by atoms with van der Waals surface area (Å²) in [7, 11) is 1.59. The van der Waals surface area contributed by atoms with Crippen molar-refractivity contribution in [1.82, 2.24) is 4.57 Å². The van der Waals surface area contributed by atoms with Gasteiger partial charge in [0, 0.05) is 24.7 Å². The van der Waals surface area contributed by atoms with Gasteiger partial charge in [0.25, 0.3) is 6.47 Å². The molecular weight excluding hydrogens is 234 g/mol. The minimum atomic E-state index is 0.125. The Morgan fingerprint density at radius 1 is 1.44 bits per heavy atom. The molecular formula is C13H15NO4. The second-order valence-electron chi connectivity index (χ2n) is 3.86. The quantitative estimate of drug-likeness (QED) is 0.789. The molecule has 0 unspecified atom stereocenters. The van der Waals surface area contributed by atoms with Gasteiger partial charge in [0.15, 0.2) is 5.75 Å².